The maximum Gasteiger partial charge on any atom is 0.229 e. The standard InChI is InChI=1S/C22H25N7O2/c1-15-11-21-28(9-4-10-29(21)27-15)13-18(14-30)16(2)22(31)24-20-7-6-19(25-26-20)17-5-3-8-23-12-17/h3,5-8,11-12,14,16,18H,4,9-10,13H2,1-2H3,(H,24,26,31). The van der Waals surface area contributed by atoms with E-state index < -0.39 is 11.8 Å². The minimum absolute atomic E-state index is 0.262. The van der Waals surface area contributed by atoms with Crippen LogP contribution in [0.4, 0.5) is 11.6 Å². The van der Waals surface area contributed by atoms with Crippen molar-refractivity contribution in [1.82, 2.24) is 25.0 Å². The van der Waals surface area contributed by atoms with Crippen LogP contribution in [0.1, 0.15) is 19.0 Å². The summed E-state index contributed by atoms with van der Waals surface area (Å²) in [5, 5.41) is 15.5. The lowest BCUT2D eigenvalue weighted by molar-refractivity contribution is -0.124. The van der Waals surface area contributed by atoms with Crippen LogP contribution in [0.25, 0.3) is 11.3 Å². The van der Waals surface area contributed by atoms with Crippen LogP contribution < -0.4 is 10.2 Å². The number of anilines is 2. The molecule has 1 aliphatic rings. The molecule has 3 aromatic rings. The Kier molecular flexibility index (Phi) is 6.01. The topological polar surface area (TPSA) is 106 Å². The Balaban J connectivity index is 1.40. The molecule has 4 heterocycles. The number of aryl methyl sites for hydroxylation is 2. The highest BCUT2D eigenvalue weighted by Crippen LogP contribution is 2.24. The van der Waals surface area contributed by atoms with Crippen molar-refractivity contribution in [3.8, 4) is 11.3 Å². The second-order valence-corrected chi connectivity index (χ2v) is 7.79. The summed E-state index contributed by atoms with van der Waals surface area (Å²) in [6.07, 6.45) is 5.21. The van der Waals surface area contributed by atoms with E-state index in [4.69, 9.17) is 0 Å². The van der Waals surface area contributed by atoms with Crippen molar-refractivity contribution >= 4 is 23.8 Å². The highest BCUT2D eigenvalue weighted by atomic mass is 16.2. The second kappa shape index (κ2) is 9.03. The molecule has 0 saturated carbocycles. The average molecular weight is 419 g/mol. The van der Waals surface area contributed by atoms with E-state index >= 15 is 0 Å². The van der Waals surface area contributed by atoms with Gasteiger partial charge in [-0.2, -0.15) is 5.10 Å². The highest BCUT2D eigenvalue weighted by Gasteiger charge is 2.28. The number of nitrogens with one attached hydrogen (secondary N) is 1. The molecule has 1 N–H and O–H groups in total. The van der Waals surface area contributed by atoms with Gasteiger partial charge in [0.05, 0.1) is 11.4 Å². The third-order valence-electron chi connectivity index (χ3n) is 5.54. The van der Waals surface area contributed by atoms with Gasteiger partial charge in [0.1, 0.15) is 12.1 Å². The quantitative estimate of drug-likeness (QED) is 0.586. The average Bonchev–Trinajstić information content (AvgIpc) is 3.19. The predicted molar refractivity (Wildman–Crippen MR) is 116 cm³/mol. The summed E-state index contributed by atoms with van der Waals surface area (Å²) < 4.78 is 1.96. The van der Waals surface area contributed by atoms with E-state index in [2.05, 4.69) is 30.5 Å². The molecule has 1 amide bonds. The van der Waals surface area contributed by atoms with Gasteiger partial charge >= 0.3 is 0 Å². The molecule has 9 heteroatoms. The van der Waals surface area contributed by atoms with Gasteiger partial charge in [-0.05, 0) is 37.6 Å². The first-order chi connectivity index (χ1) is 15.0. The molecule has 3 aromatic heterocycles. The van der Waals surface area contributed by atoms with Gasteiger partial charge in [-0.1, -0.05) is 6.92 Å². The molecule has 31 heavy (non-hydrogen) atoms. The SMILES string of the molecule is Cc1cc2n(n1)CCCN2CC(C=O)C(C)C(=O)Nc1ccc(-c2cccnc2)nn1. The lowest BCUT2D eigenvalue weighted by Gasteiger charge is -2.32. The summed E-state index contributed by atoms with van der Waals surface area (Å²) >= 11 is 0. The van der Waals surface area contributed by atoms with E-state index in [1.807, 2.05) is 29.8 Å². The summed E-state index contributed by atoms with van der Waals surface area (Å²) in [6.45, 7) is 5.89. The van der Waals surface area contributed by atoms with E-state index in [1.54, 1.807) is 31.5 Å². The van der Waals surface area contributed by atoms with Gasteiger partial charge in [0.25, 0.3) is 0 Å². The third-order valence-corrected chi connectivity index (χ3v) is 5.54. The van der Waals surface area contributed by atoms with Crippen molar-refractivity contribution in [2.24, 2.45) is 11.8 Å². The van der Waals surface area contributed by atoms with Crippen LogP contribution in [0.3, 0.4) is 0 Å². The first kappa shape index (κ1) is 20.6. The van der Waals surface area contributed by atoms with Crippen LogP contribution in [0.5, 0.6) is 0 Å². The number of pyridine rings is 1. The van der Waals surface area contributed by atoms with E-state index in [0.29, 0.717) is 18.1 Å². The first-order valence-corrected chi connectivity index (χ1v) is 10.3. The number of nitrogens with zero attached hydrogens (tertiary/aromatic N) is 6. The van der Waals surface area contributed by atoms with Crippen molar-refractivity contribution in [2.45, 2.75) is 26.8 Å². The maximum absolute atomic E-state index is 12.8. The monoisotopic (exact) mass is 419 g/mol. The smallest absolute Gasteiger partial charge is 0.229 e. The van der Waals surface area contributed by atoms with Crippen molar-refractivity contribution in [2.75, 3.05) is 23.3 Å². The first-order valence-electron chi connectivity index (χ1n) is 10.3. The molecule has 9 nitrogen and oxygen atoms in total. The molecule has 0 aromatic carbocycles. The number of amides is 1. The summed E-state index contributed by atoms with van der Waals surface area (Å²) in [7, 11) is 0. The molecule has 2 unspecified atom stereocenters. The van der Waals surface area contributed by atoms with Crippen molar-refractivity contribution in [3.63, 3.8) is 0 Å². The second-order valence-electron chi connectivity index (χ2n) is 7.79. The molecule has 0 aliphatic carbocycles. The van der Waals surface area contributed by atoms with Crippen molar-refractivity contribution in [1.29, 1.82) is 0 Å². The molecule has 2 atom stereocenters. The van der Waals surface area contributed by atoms with E-state index in [9.17, 15) is 9.59 Å². The zero-order valence-corrected chi connectivity index (χ0v) is 17.6. The minimum atomic E-state index is -0.517. The number of fused-ring (bicyclic) bond motifs is 1. The molecule has 160 valence electrons. The Morgan fingerprint density at radius 3 is 2.84 bits per heavy atom. The zero-order valence-electron chi connectivity index (χ0n) is 17.6. The summed E-state index contributed by atoms with van der Waals surface area (Å²) in [5.41, 5.74) is 2.46. The van der Waals surface area contributed by atoms with Crippen LogP contribution in [0.15, 0.2) is 42.7 Å². The van der Waals surface area contributed by atoms with E-state index in [0.717, 1.165) is 42.9 Å². The third kappa shape index (κ3) is 4.60. The Morgan fingerprint density at radius 2 is 2.13 bits per heavy atom. The largest absolute Gasteiger partial charge is 0.356 e. The number of carbonyl (C=O) groups is 2. The molecule has 4 rings (SSSR count). The molecule has 0 saturated heterocycles. The molecule has 0 radical (unpaired) electrons. The van der Waals surface area contributed by atoms with Gasteiger partial charge in [-0.25, -0.2) is 4.68 Å². The van der Waals surface area contributed by atoms with E-state index in [-0.39, 0.29) is 5.91 Å². The van der Waals surface area contributed by atoms with Crippen LogP contribution in [0, 0.1) is 18.8 Å². The Morgan fingerprint density at radius 1 is 1.26 bits per heavy atom. The minimum Gasteiger partial charge on any atom is -0.356 e. The molecule has 0 fully saturated rings. The van der Waals surface area contributed by atoms with Gasteiger partial charge in [-0.15, -0.1) is 10.2 Å². The number of hydrogen-bond donors (Lipinski definition) is 1. The normalized spacial score (nSPS) is 15.1. The van der Waals surface area contributed by atoms with Gasteiger partial charge < -0.3 is 15.0 Å². The molecule has 1 aliphatic heterocycles. The Bertz CT molecular complexity index is 1050. The van der Waals surface area contributed by atoms with Crippen molar-refractivity contribution in [3.05, 3.63) is 48.4 Å². The van der Waals surface area contributed by atoms with Gasteiger partial charge in [0.15, 0.2) is 5.82 Å². The number of rotatable bonds is 7. The van der Waals surface area contributed by atoms with Crippen LogP contribution in [-0.4, -0.2) is 50.2 Å². The Hall–Kier alpha value is -3.62. The molecular formula is C22H25N7O2. The number of aldehydes is 1. The fraction of sp³-hybridized carbons (Fsp3) is 0.364. The lowest BCUT2D eigenvalue weighted by atomic mass is 9.93. The molecular weight excluding hydrogens is 394 g/mol. The molecule has 0 spiro atoms. The summed E-state index contributed by atoms with van der Waals surface area (Å²) in [5.74, 6) is 0.115. The number of carbonyl (C=O) groups excluding carboxylic acids is 2. The zero-order chi connectivity index (χ0) is 21.8. The van der Waals surface area contributed by atoms with Gasteiger partial charge in [0.2, 0.25) is 5.91 Å². The van der Waals surface area contributed by atoms with Crippen LogP contribution in [-0.2, 0) is 16.1 Å². The highest BCUT2D eigenvalue weighted by molar-refractivity contribution is 5.93. The molecule has 0 bridgehead atoms. The number of aromatic nitrogens is 5. The number of hydrogen-bond acceptors (Lipinski definition) is 7. The summed E-state index contributed by atoms with van der Waals surface area (Å²) in [4.78, 5) is 30.8. The van der Waals surface area contributed by atoms with Crippen molar-refractivity contribution < 1.29 is 9.59 Å². The van der Waals surface area contributed by atoms with E-state index in [1.165, 1.54) is 0 Å². The maximum atomic E-state index is 12.8. The lowest BCUT2D eigenvalue weighted by Crippen LogP contribution is -2.40. The van der Waals surface area contributed by atoms with Crippen LogP contribution in [0.2, 0.25) is 0 Å². The fourth-order valence-electron chi connectivity index (χ4n) is 3.74. The van der Waals surface area contributed by atoms with Gasteiger partial charge in [-0.3, -0.25) is 9.78 Å². The predicted octanol–water partition coefficient (Wildman–Crippen LogP) is 2.34. The summed E-state index contributed by atoms with van der Waals surface area (Å²) in [6, 6.07) is 9.20. The van der Waals surface area contributed by atoms with Crippen LogP contribution >= 0.6 is 0 Å². The van der Waals surface area contributed by atoms with Gasteiger partial charge in [0, 0.05) is 55.5 Å². The fourth-order valence-corrected chi connectivity index (χ4v) is 3.74. The Labute approximate surface area is 180 Å².